The molecule has 0 saturated heterocycles. The van der Waals surface area contributed by atoms with E-state index in [1.807, 2.05) is 0 Å². The van der Waals surface area contributed by atoms with Crippen molar-refractivity contribution in [2.45, 2.75) is 0 Å². The van der Waals surface area contributed by atoms with Gasteiger partial charge in [0.2, 0.25) is 6.41 Å². The molecule has 5 heteroatoms. The van der Waals surface area contributed by atoms with Crippen molar-refractivity contribution < 1.29 is 14.0 Å². The largest absolute Gasteiger partial charge is 0.318 e. The van der Waals surface area contributed by atoms with Crippen LogP contribution in [0.2, 0.25) is 5.02 Å². The Labute approximate surface area is 120 Å². The van der Waals surface area contributed by atoms with Crippen LogP contribution in [-0.2, 0) is 4.79 Å². The zero-order valence-corrected chi connectivity index (χ0v) is 11.4. The molecule has 0 aromatic heterocycles. The molecule has 0 spiro atoms. The van der Waals surface area contributed by atoms with Gasteiger partial charge in [0.15, 0.2) is 5.78 Å². The molecule has 2 rings (SSSR count). The quantitative estimate of drug-likeness (QED) is 0.640. The summed E-state index contributed by atoms with van der Waals surface area (Å²) in [5, 5.41) is -0.0897. The van der Waals surface area contributed by atoms with E-state index >= 15 is 0 Å². The predicted octanol–water partition coefficient (Wildman–Crippen LogP) is 3.30. The zero-order chi connectivity index (χ0) is 14.7. The highest BCUT2D eigenvalue weighted by Gasteiger charge is 2.11. The summed E-state index contributed by atoms with van der Waals surface area (Å²) in [7, 11) is 1.61. The van der Waals surface area contributed by atoms with Crippen LogP contribution in [0.4, 0.5) is 10.1 Å². The molecule has 1 amide bonds. The molecule has 0 radical (unpaired) electrons. The monoisotopic (exact) mass is 291 g/mol. The Bertz CT molecular complexity index is 655. The SMILES string of the molecule is CN(C=O)c1ccc(C(=O)c2ccc(F)c(Cl)c2)cc1. The molecule has 102 valence electrons. The van der Waals surface area contributed by atoms with Crippen molar-refractivity contribution >= 4 is 29.5 Å². The van der Waals surface area contributed by atoms with Gasteiger partial charge in [0, 0.05) is 23.9 Å². The van der Waals surface area contributed by atoms with E-state index in [-0.39, 0.29) is 10.8 Å². The Kier molecular flexibility index (Phi) is 4.15. The number of amides is 1. The maximum Gasteiger partial charge on any atom is 0.213 e. The molecule has 0 atom stereocenters. The number of benzene rings is 2. The second-order valence-electron chi connectivity index (χ2n) is 4.22. The lowest BCUT2D eigenvalue weighted by Gasteiger charge is -2.10. The number of carbonyl (C=O) groups is 2. The third-order valence-electron chi connectivity index (χ3n) is 2.88. The molecule has 0 unspecified atom stereocenters. The molecule has 0 heterocycles. The summed E-state index contributed by atoms with van der Waals surface area (Å²) in [4.78, 5) is 24.2. The normalized spacial score (nSPS) is 10.2. The fourth-order valence-electron chi connectivity index (χ4n) is 1.71. The molecular formula is C15H11ClFNO2. The third kappa shape index (κ3) is 2.86. The fraction of sp³-hybridized carbons (Fsp3) is 0.0667. The van der Waals surface area contributed by atoms with E-state index in [9.17, 15) is 14.0 Å². The Morgan fingerprint density at radius 1 is 1.15 bits per heavy atom. The molecule has 0 N–H and O–H groups in total. The van der Waals surface area contributed by atoms with Gasteiger partial charge in [-0.1, -0.05) is 11.6 Å². The molecule has 0 aliphatic carbocycles. The number of anilines is 1. The van der Waals surface area contributed by atoms with Crippen molar-refractivity contribution in [3.05, 3.63) is 64.4 Å². The van der Waals surface area contributed by atoms with Crippen LogP contribution in [-0.4, -0.2) is 19.2 Å². The van der Waals surface area contributed by atoms with Crippen LogP contribution in [0.25, 0.3) is 0 Å². The Morgan fingerprint density at radius 2 is 1.75 bits per heavy atom. The van der Waals surface area contributed by atoms with Crippen LogP contribution >= 0.6 is 11.6 Å². The van der Waals surface area contributed by atoms with E-state index in [4.69, 9.17) is 11.6 Å². The van der Waals surface area contributed by atoms with Gasteiger partial charge < -0.3 is 4.90 Å². The Morgan fingerprint density at radius 3 is 2.30 bits per heavy atom. The molecule has 0 fully saturated rings. The van der Waals surface area contributed by atoms with Crippen molar-refractivity contribution in [2.75, 3.05) is 11.9 Å². The number of halogens is 2. The number of carbonyl (C=O) groups excluding carboxylic acids is 2. The molecule has 0 bridgehead atoms. The summed E-state index contributed by atoms with van der Waals surface area (Å²) in [5.41, 5.74) is 1.43. The van der Waals surface area contributed by atoms with Gasteiger partial charge in [-0.15, -0.1) is 0 Å². The standard InChI is InChI=1S/C15H11ClFNO2/c1-18(9-19)12-5-2-10(3-6-12)15(20)11-4-7-14(17)13(16)8-11/h2-9H,1H3. The summed E-state index contributed by atoms with van der Waals surface area (Å²) in [6.45, 7) is 0. The average Bonchev–Trinajstić information content (AvgIpc) is 2.48. The lowest BCUT2D eigenvalue weighted by Crippen LogP contribution is -2.13. The van der Waals surface area contributed by atoms with Gasteiger partial charge in [0.25, 0.3) is 0 Å². The minimum atomic E-state index is -0.564. The smallest absolute Gasteiger partial charge is 0.213 e. The summed E-state index contributed by atoms with van der Waals surface area (Å²) in [5.74, 6) is -0.821. The Balaban J connectivity index is 2.29. The van der Waals surface area contributed by atoms with Crippen LogP contribution in [0.15, 0.2) is 42.5 Å². The van der Waals surface area contributed by atoms with Crippen molar-refractivity contribution in [3.8, 4) is 0 Å². The zero-order valence-electron chi connectivity index (χ0n) is 10.6. The van der Waals surface area contributed by atoms with Gasteiger partial charge in [-0.05, 0) is 42.5 Å². The summed E-state index contributed by atoms with van der Waals surface area (Å²) in [6.07, 6.45) is 0.677. The van der Waals surface area contributed by atoms with E-state index in [1.54, 1.807) is 31.3 Å². The first-order chi connectivity index (χ1) is 9.52. The maximum absolute atomic E-state index is 13.1. The molecule has 20 heavy (non-hydrogen) atoms. The van der Waals surface area contributed by atoms with E-state index in [0.29, 0.717) is 23.2 Å². The van der Waals surface area contributed by atoms with E-state index in [0.717, 1.165) is 6.07 Å². The van der Waals surface area contributed by atoms with E-state index < -0.39 is 5.82 Å². The number of nitrogens with zero attached hydrogens (tertiary/aromatic N) is 1. The molecule has 0 aliphatic heterocycles. The van der Waals surface area contributed by atoms with Gasteiger partial charge >= 0.3 is 0 Å². The topological polar surface area (TPSA) is 37.4 Å². The van der Waals surface area contributed by atoms with Gasteiger partial charge in [0.05, 0.1) is 5.02 Å². The summed E-state index contributed by atoms with van der Waals surface area (Å²) >= 11 is 5.66. The van der Waals surface area contributed by atoms with Crippen molar-refractivity contribution in [3.63, 3.8) is 0 Å². The highest BCUT2D eigenvalue weighted by atomic mass is 35.5. The van der Waals surface area contributed by atoms with Gasteiger partial charge in [-0.2, -0.15) is 0 Å². The maximum atomic E-state index is 13.1. The highest BCUT2D eigenvalue weighted by molar-refractivity contribution is 6.31. The van der Waals surface area contributed by atoms with Crippen LogP contribution in [0.1, 0.15) is 15.9 Å². The first kappa shape index (κ1) is 14.2. The van der Waals surface area contributed by atoms with Crippen LogP contribution < -0.4 is 4.90 Å². The van der Waals surface area contributed by atoms with Crippen molar-refractivity contribution in [1.82, 2.24) is 0 Å². The summed E-state index contributed by atoms with van der Waals surface area (Å²) < 4.78 is 13.1. The lowest BCUT2D eigenvalue weighted by atomic mass is 10.0. The van der Waals surface area contributed by atoms with Crippen LogP contribution in [0.3, 0.4) is 0 Å². The first-order valence-electron chi connectivity index (χ1n) is 5.81. The third-order valence-corrected chi connectivity index (χ3v) is 3.17. The summed E-state index contributed by atoms with van der Waals surface area (Å²) in [6, 6.07) is 10.4. The number of hydrogen-bond donors (Lipinski definition) is 0. The molecule has 3 nitrogen and oxygen atoms in total. The molecular weight excluding hydrogens is 281 g/mol. The second-order valence-corrected chi connectivity index (χ2v) is 4.63. The highest BCUT2D eigenvalue weighted by Crippen LogP contribution is 2.20. The van der Waals surface area contributed by atoms with Gasteiger partial charge in [-0.25, -0.2) is 4.39 Å². The average molecular weight is 292 g/mol. The number of hydrogen-bond acceptors (Lipinski definition) is 2. The molecule has 2 aromatic rings. The number of ketones is 1. The molecule has 0 aliphatic rings. The van der Waals surface area contributed by atoms with E-state index in [1.165, 1.54) is 17.0 Å². The van der Waals surface area contributed by atoms with Crippen molar-refractivity contribution in [2.24, 2.45) is 0 Å². The van der Waals surface area contributed by atoms with Crippen LogP contribution in [0, 0.1) is 5.82 Å². The fourth-order valence-corrected chi connectivity index (χ4v) is 1.89. The van der Waals surface area contributed by atoms with E-state index in [2.05, 4.69) is 0 Å². The second kappa shape index (κ2) is 5.84. The predicted molar refractivity (Wildman–Crippen MR) is 75.8 cm³/mol. The van der Waals surface area contributed by atoms with Crippen LogP contribution in [0.5, 0.6) is 0 Å². The number of rotatable bonds is 4. The molecule has 0 saturated carbocycles. The van der Waals surface area contributed by atoms with Gasteiger partial charge in [0.1, 0.15) is 5.82 Å². The van der Waals surface area contributed by atoms with Crippen molar-refractivity contribution in [1.29, 1.82) is 0 Å². The van der Waals surface area contributed by atoms with Gasteiger partial charge in [-0.3, -0.25) is 9.59 Å². The Hall–Kier alpha value is -2.20. The minimum absolute atomic E-state index is 0.0897. The first-order valence-corrected chi connectivity index (χ1v) is 6.18. The minimum Gasteiger partial charge on any atom is -0.318 e. The molecule has 2 aromatic carbocycles. The lowest BCUT2D eigenvalue weighted by molar-refractivity contribution is -0.107.